The van der Waals surface area contributed by atoms with Gasteiger partial charge in [-0.3, -0.25) is 28.8 Å². The Hall–Kier alpha value is -5.26. The predicted molar refractivity (Wildman–Crippen MR) is 500 cm³/mol. The van der Waals surface area contributed by atoms with E-state index in [9.17, 15) is 28.8 Å². The highest BCUT2D eigenvalue weighted by Crippen LogP contribution is 2.53. The number of likely N-dealkylation sites (N-methyl/N-ethyl adjacent to an activating group) is 6. The van der Waals surface area contributed by atoms with Crippen molar-refractivity contribution in [3.8, 4) is 0 Å². The molecule has 668 valence electrons. The first-order valence-corrected chi connectivity index (χ1v) is 52.7. The lowest BCUT2D eigenvalue weighted by Gasteiger charge is -2.41. The van der Waals surface area contributed by atoms with E-state index in [0.29, 0.717) is 17.7 Å². The number of amides is 6. The Morgan fingerprint density at radius 2 is 0.607 bits per heavy atom. The van der Waals surface area contributed by atoms with Gasteiger partial charge in [0.15, 0.2) is 0 Å². The normalized spacial score (nSPS) is 28.7. The number of carbonyl (C=O) groups excluding carboxylic acids is 6. The fourth-order valence-electron chi connectivity index (χ4n) is 23.2. The Morgan fingerprint density at radius 3 is 0.926 bits per heavy atom. The Bertz CT molecular complexity index is 4240. The first kappa shape index (κ1) is 91.5. The molecule has 7 saturated carbocycles. The highest BCUT2D eigenvalue weighted by Gasteiger charge is 2.52. The molecule has 9 atom stereocenters. The van der Waals surface area contributed by atoms with Crippen molar-refractivity contribution in [3.63, 3.8) is 0 Å². The Morgan fingerprint density at radius 1 is 0.311 bits per heavy atom. The molecule has 6 aromatic rings. The second kappa shape index (κ2) is 44.2. The van der Waals surface area contributed by atoms with Crippen LogP contribution in [0.25, 0.3) is 0 Å². The largest absolute Gasteiger partial charge is 0.376 e. The summed E-state index contributed by atoms with van der Waals surface area (Å²) in [4.78, 5) is 97.2. The first-order chi connectivity index (χ1) is 59.6. The van der Waals surface area contributed by atoms with Crippen molar-refractivity contribution in [2.75, 3.05) is 121 Å². The molecule has 14 aliphatic rings. The molecule has 25 heteroatoms. The lowest BCUT2D eigenvalue weighted by Crippen LogP contribution is -2.52. The summed E-state index contributed by atoms with van der Waals surface area (Å²) in [6.45, 7) is 10.7. The van der Waals surface area contributed by atoms with Gasteiger partial charge >= 0.3 is 0 Å². The van der Waals surface area contributed by atoms with Crippen molar-refractivity contribution in [1.82, 2.24) is 61.3 Å². The summed E-state index contributed by atoms with van der Waals surface area (Å²) in [7, 11) is 11.4. The van der Waals surface area contributed by atoms with Gasteiger partial charge in [0.05, 0.1) is 6.10 Å². The van der Waals surface area contributed by atoms with Gasteiger partial charge in [-0.05, 0) is 327 Å². The van der Waals surface area contributed by atoms with E-state index in [-0.39, 0.29) is 71.5 Å². The third-order valence-electron chi connectivity index (χ3n) is 30.2. The number of nitrogens with one attached hydrogen (secondary N) is 6. The molecule has 19 nitrogen and oxygen atoms in total. The van der Waals surface area contributed by atoms with Crippen LogP contribution in [0.15, 0.2) is 68.7 Å². The Balaban J connectivity index is 0.000000114. The predicted octanol–water partition coefficient (Wildman–Crippen LogP) is 16.8. The lowest BCUT2D eigenvalue weighted by atomic mass is 9.81. The summed E-state index contributed by atoms with van der Waals surface area (Å²) in [6.07, 6.45) is 43.0. The minimum Gasteiger partial charge on any atom is -0.376 e. The zero-order chi connectivity index (χ0) is 84.6. The third kappa shape index (κ3) is 21.8. The number of rotatable bonds is 17. The van der Waals surface area contributed by atoms with Gasteiger partial charge < -0.3 is 66.0 Å². The molecule has 1 saturated heterocycles. The zero-order valence-corrected chi connectivity index (χ0v) is 78.9. The fraction of sp³-hybridized carbons (Fsp3) is 0.691. The summed E-state index contributed by atoms with van der Waals surface area (Å²) >= 11 is 10.3. The highest BCUT2D eigenvalue weighted by atomic mass is 32.1. The molecule has 6 amide bonds. The molecule has 20 rings (SSSR count). The van der Waals surface area contributed by atoms with Crippen molar-refractivity contribution >= 4 is 103 Å². The smallest absolute Gasteiger partial charge is 0.245 e. The molecule has 4 bridgehead atoms. The molecule has 0 spiro atoms. The van der Waals surface area contributed by atoms with Gasteiger partial charge in [0.2, 0.25) is 35.4 Å². The van der Waals surface area contributed by atoms with Crippen molar-refractivity contribution in [2.24, 2.45) is 41.4 Å². The van der Waals surface area contributed by atoms with Crippen LogP contribution in [0.3, 0.4) is 0 Å². The number of nitrogens with zero attached hydrogens (tertiary/aromatic N) is 6. The second-order valence-corrected chi connectivity index (χ2v) is 43.5. The molecule has 8 fully saturated rings. The number of thiophene rings is 6. The van der Waals surface area contributed by atoms with Crippen LogP contribution in [-0.4, -0.2) is 197 Å². The molecule has 7 aliphatic heterocycles. The van der Waals surface area contributed by atoms with Crippen LogP contribution in [0.5, 0.6) is 0 Å². The molecular weight excluding hydrogens is 1640 g/mol. The highest BCUT2D eigenvalue weighted by molar-refractivity contribution is 7.11. The molecule has 0 aromatic carbocycles. The number of hydrogen-bond acceptors (Lipinski definition) is 19. The van der Waals surface area contributed by atoms with E-state index in [0.717, 1.165) is 165 Å². The van der Waals surface area contributed by atoms with Crippen LogP contribution in [0.4, 0.5) is 0 Å². The van der Waals surface area contributed by atoms with Crippen LogP contribution >= 0.6 is 68.0 Å². The SMILES string of the molecule is CNC1C(=O)N(C23CCC(CC2)C3)CCc2ccsc21.CNC1C(=O)N(CC2CC3CCC(C3)C2)CCc2ccsc21.CNC1C(=O)N(CC2CCC2)CCc2ccsc21.CNC1C(=O)N(CC2CCCCC2)CCc2ccsc21.CNC1C(=O)N(CC2CCCCCC2)CCc2ccsc21.CNC1C(=O)N(CC2CCCCCO2)CCc2ccsc21. The summed E-state index contributed by atoms with van der Waals surface area (Å²) in [5.41, 5.74) is 8.31. The van der Waals surface area contributed by atoms with E-state index in [1.807, 2.05) is 47.2 Å². The maximum atomic E-state index is 13.1. The minimum absolute atomic E-state index is 0.123. The average Bonchev–Trinajstić information content (AvgIpc) is 1.59. The van der Waals surface area contributed by atoms with Crippen LogP contribution in [0.1, 0.15) is 279 Å². The molecule has 6 N–H and O–H groups in total. The molecule has 122 heavy (non-hydrogen) atoms. The maximum Gasteiger partial charge on any atom is 0.245 e. The summed E-state index contributed by atoms with van der Waals surface area (Å²) in [5.74, 6) is 7.35. The van der Waals surface area contributed by atoms with Gasteiger partial charge in [0.1, 0.15) is 36.3 Å². The summed E-state index contributed by atoms with van der Waals surface area (Å²) in [5, 5.41) is 32.0. The van der Waals surface area contributed by atoms with Gasteiger partial charge in [0, 0.05) is 113 Å². The molecule has 13 heterocycles. The number of ether oxygens (including phenoxy) is 1. The number of carbonyl (C=O) groups is 6. The molecule has 7 aliphatic carbocycles. The van der Waals surface area contributed by atoms with Crippen LogP contribution < -0.4 is 31.9 Å². The summed E-state index contributed by atoms with van der Waals surface area (Å²) in [6, 6.07) is 12.3. The number of fused-ring (bicyclic) bond motifs is 10. The summed E-state index contributed by atoms with van der Waals surface area (Å²) < 4.78 is 5.91. The fourth-order valence-corrected chi connectivity index (χ4v) is 29.5. The van der Waals surface area contributed by atoms with Crippen molar-refractivity contribution in [1.29, 1.82) is 0 Å². The van der Waals surface area contributed by atoms with Gasteiger partial charge in [0.25, 0.3) is 0 Å². The van der Waals surface area contributed by atoms with E-state index in [1.54, 1.807) is 68.0 Å². The molecular formula is C97H142N12O7S6. The molecule has 0 radical (unpaired) electrons. The van der Waals surface area contributed by atoms with Crippen LogP contribution in [-0.2, 0) is 72.0 Å². The maximum absolute atomic E-state index is 13.1. The van der Waals surface area contributed by atoms with E-state index >= 15 is 0 Å². The van der Waals surface area contributed by atoms with Crippen molar-refractivity contribution in [3.05, 3.63) is 131 Å². The van der Waals surface area contributed by atoms with Crippen molar-refractivity contribution < 1.29 is 33.5 Å². The quantitative estimate of drug-likeness (QED) is 0.0471. The van der Waals surface area contributed by atoms with Gasteiger partial charge in [-0.1, -0.05) is 77.0 Å². The number of hydrogen-bond donors (Lipinski definition) is 6. The first-order valence-electron chi connectivity index (χ1n) is 47.4. The van der Waals surface area contributed by atoms with Gasteiger partial charge in [-0.2, -0.15) is 0 Å². The van der Waals surface area contributed by atoms with E-state index in [2.05, 4.69) is 125 Å². The van der Waals surface area contributed by atoms with Crippen molar-refractivity contribution in [2.45, 2.75) is 266 Å². The van der Waals surface area contributed by atoms with Crippen LogP contribution in [0, 0.1) is 41.4 Å². The Labute approximate surface area is 752 Å². The topological polar surface area (TPSA) is 203 Å². The zero-order valence-electron chi connectivity index (χ0n) is 74.0. The van der Waals surface area contributed by atoms with E-state index in [4.69, 9.17) is 4.74 Å². The Kier molecular flexibility index (Phi) is 33.1. The van der Waals surface area contributed by atoms with Gasteiger partial charge in [-0.15, -0.1) is 68.0 Å². The van der Waals surface area contributed by atoms with Gasteiger partial charge in [-0.25, -0.2) is 0 Å². The third-order valence-corrected chi connectivity index (χ3v) is 36.3. The average molecular weight is 1780 g/mol. The molecule has 9 unspecified atom stereocenters. The van der Waals surface area contributed by atoms with Crippen LogP contribution in [0.2, 0.25) is 0 Å². The lowest BCUT2D eigenvalue weighted by molar-refractivity contribution is -0.139. The minimum atomic E-state index is -0.187. The standard InChI is InChI=1S/C18H26N2OS.C17H26N2OS.C16H24N2O2S.C16H22N2OS.C16H24N2OS.C14H20N2OS/c1-19-16-17-15(5-7-22-17)4-6-20(18(16)21)11-14-9-12-2-3-13(8-12)10-14;1-18-15-16-14(9-11-21-16)8-10-19(17(15)20)12-13-6-4-2-3-5-7-13;1-17-14-15-12(7-10-21-15)6-8-18(16(14)19)11-13-5-3-2-4-9-20-13;1-17-13-14-12(5-9-20-14)4-8-18(15(13)19)16-6-2-11(10-16)3-7-16;1-17-14-15-13(8-10-20-15)7-9-18(16(14)19)11-12-5-3-2-4-6-12;1-15-12-13-11(6-8-18-13)5-7-16(14(12)17)9-10-3-2-4-10/h5,7,12-14,16,19H,2-4,6,8-11H2,1H3;9,11,13,15,18H,2-8,10,12H2,1H3;7,10,13-14,17H,2-6,8-9,11H2,1H3;5,9,11,13,17H,2-4,6-8,10H2,1H3;8,10,12,14,17H,2-7,9,11H2,1H3;6,8,10,12,15H,2-5,7,9H2,1H3. The van der Waals surface area contributed by atoms with E-state index < -0.39 is 0 Å². The van der Waals surface area contributed by atoms with E-state index in [1.165, 1.54) is 230 Å². The second-order valence-electron chi connectivity index (χ2n) is 37.9. The monoisotopic (exact) mass is 1780 g/mol. The molecule has 6 aromatic heterocycles.